The lowest BCUT2D eigenvalue weighted by Gasteiger charge is -2.33. The van der Waals surface area contributed by atoms with Crippen LogP contribution in [0, 0.1) is 0 Å². The smallest absolute Gasteiger partial charge is 0.435 e. The van der Waals surface area contributed by atoms with Crippen LogP contribution in [-0.4, -0.2) is 89.1 Å². The van der Waals surface area contributed by atoms with Crippen molar-refractivity contribution in [2.75, 3.05) is 20.6 Å². The zero-order chi connectivity index (χ0) is 27.9. The number of benzene rings is 1. The highest BCUT2D eigenvalue weighted by Crippen LogP contribution is 2.31. The third-order valence-electron chi connectivity index (χ3n) is 4.93. The highest BCUT2D eigenvalue weighted by molar-refractivity contribution is 7.89. The van der Waals surface area contributed by atoms with E-state index in [0.29, 0.717) is 0 Å². The first-order chi connectivity index (χ1) is 16.2. The molecule has 0 saturated heterocycles. The molecule has 0 spiro atoms. The van der Waals surface area contributed by atoms with E-state index in [9.17, 15) is 28.0 Å². The van der Waals surface area contributed by atoms with Gasteiger partial charge in [-0.1, -0.05) is 12.1 Å². The number of rotatable bonds is 6. The summed E-state index contributed by atoms with van der Waals surface area (Å²) >= 11 is 0. The first kappa shape index (κ1) is 29.2. The molecule has 2 rings (SSSR count). The van der Waals surface area contributed by atoms with Crippen molar-refractivity contribution in [2.45, 2.75) is 70.1 Å². The van der Waals surface area contributed by atoms with Gasteiger partial charge in [0.25, 0.3) is 5.91 Å². The van der Waals surface area contributed by atoms with Crippen molar-refractivity contribution in [3.8, 4) is 0 Å². The van der Waals surface area contributed by atoms with Gasteiger partial charge in [-0.3, -0.25) is 14.8 Å². The fourth-order valence-corrected chi connectivity index (χ4v) is 4.13. The minimum Gasteiger partial charge on any atom is -0.459 e. The topological polar surface area (TPSA) is 146 Å². The molecule has 200 valence electrons. The number of hydrogen-bond acceptors (Lipinski definition) is 9. The minimum absolute atomic E-state index is 0.0125. The summed E-state index contributed by atoms with van der Waals surface area (Å²) in [7, 11) is -0.954. The van der Waals surface area contributed by atoms with Gasteiger partial charge in [0.2, 0.25) is 10.0 Å². The molecule has 0 aromatic heterocycles. The van der Waals surface area contributed by atoms with Crippen LogP contribution >= 0.6 is 0 Å². The van der Waals surface area contributed by atoms with Crippen LogP contribution < -0.4 is 0 Å². The lowest BCUT2D eigenvalue weighted by molar-refractivity contribution is -0.168. The number of esters is 1. The first-order valence-electron chi connectivity index (χ1n) is 11.1. The Bertz CT molecular complexity index is 1160. The summed E-state index contributed by atoms with van der Waals surface area (Å²) in [5, 5.41) is 16.0. The maximum atomic E-state index is 13.4. The second-order valence-corrected chi connectivity index (χ2v) is 12.7. The summed E-state index contributed by atoms with van der Waals surface area (Å²) in [5.41, 5.74) is -3.75. The van der Waals surface area contributed by atoms with Crippen LogP contribution in [0.4, 0.5) is 4.79 Å². The van der Waals surface area contributed by atoms with Crippen molar-refractivity contribution in [3.63, 3.8) is 0 Å². The van der Waals surface area contributed by atoms with Crippen molar-refractivity contribution < 1.29 is 37.5 Å². The zero-order valence-corrected chi connectivity index (χ0v) is 22.8. The molecule has 1 aliphatic rings. The lowest BCUT2D eigenvalue weighted by atomic mass is 9.90. The summed E-state index contributed by atoms with van der Waals surface area (Å²) in [6.07, 6.45) is -1.21. The molecular formula is C23H34N4O8S. The Morgan fingerprint density at radius 3 is 1.97 bits per heavy atom. The maximum Gasteiger partial charge on any atom is 0.435 e. The van der Waals surface area contributed by atoms with E-state index in [1.165, 1.54) is 45.3 Å². The van der Waals surface area contributed by atoms with E-state index in [1.807, 2.05) is 0 Å². The summed E-state index contributed by atoms with van der Waals surface area (Å²) in [5.74, 6) is -1.64. The normalized spacial score (nSPS) is 18.8. The van der Waals surface area contributed by atoms with Gasteiger partial charge < -0.3 is 9.47 Å². The van der Waals surface area contributed by atoms with Crippen molar-refractivity contribution >= 4 is 33.7 Å². The molecule has 36 heavy (non-hydrogen) atoms. The Hall–Kier alpha value is -3.03. The van der Waals surface area contributed by atoms with Gasteiger partial charge in [-0.2, -0.15) is 10.2 Å². The molecule has 1 unspecified atom stereocenters. The van der Waals surface area contributed by atoms with Crippen LogP contribution in [0.15, 0.2) is 34.3 Å². The number of amides is 2. The molecule has 1 N–H and O–H groups in total. The monoisotopic (exact) mass is 526 g/mol. The third-order valence-corrected chi connectivity index (χ3v) is 6.76. The Balaban J connectivity index is 2.55. The van der Waals surface area contributed by atoms with Gasteiger partial charge in [0.15, 0.2) is 5.54 Å². The summed E-state index contributed by atoms with van der Waals surface area (Å²) < 4.78 is 36.4. The highest BCUT2D eigenvalue weighted by Gasteiger charge is 2.55. The Kier molecular flexibility index (Phi) is 7.94. The van der Waals surface area contributed by atoms with Gasteiger partial charge in [-0.05, 0) is 60.6 Å². The van der Waals surface area contributed by atoms with Gasteiger partial charge in [-0.25, -0.2) is 22.5 Å². The summed E-state index contributed by atoms with van der Waals surface area (Å²) in [6.45, 7) is 10.4. The molecule has 12 nitrogen and oxygen atoms in total. The number of sulfonamides is 1. The molecule has 13 heteroatoms. The Labute approximate surface area is 211 Å². The van der Waals surface area contributed by atoms with Crippen molar-refractivity contribution in [1.82, 2.24) is 14.4 Å². The highest BCUT2D eigenvalue weighted by atomic mass is 32.2. The second-order valence-electron chi connectivity index (χ2n) is 10.6. The number of hydroxylamine groups is 2. The van der Waals surface area contributed by atoms with Crippen molar-refractivity contribution in [3.05, 3.63) is 29.8 Å². The summed E-state index contributed by atoms with van der Waals surface area (Å²) in [4.78, 5) is 38.5. The molecule has 1 aliphatic heterocycles. The van der Waals surface area contributed by atoms with Crippen LogP contribution in [0.3, 0.4) is 0 Å². The third kappa shape index (κ3) is 6.20. The quantitative estimate of drug-likeness (QED) is 0.337. The van der Waals surface area contributed by atoms with Crippen molar-refractivity contribution in [2.24, 2.45) is 5.10 Å². The molecule has 1 heterocycles. The summed E-state index contributed by atoms with van der Waals surface area (Å²) in [6, 6.07) is 5.40. The average Bonchev–Trinajstić information content (AvgIpc) is 2.96. The minimum atomic E-state index is -3.73. The molecule has 1 aromatic rings. The SMILES string of the molecule is CN(C)S(=O)(=O)c1ccc(C2=NN(CC(=O)OC(C)(C)C)C(=O)C2(C)N(O)C(=O)OC(C)(C)C)cc1. The molecule has 2 amide bonds. The maximum absolute atomic E-state index is 13.4. The lowest BCUT2D eigenvalue weighted by Crippen LogP contribution is -2.59. The number of carbonyl (C=O) groups is 3. The standard InChI is InChI=1S/C23H34N4O8S/c1-21(2,3)34-17(28)14-26-19(29)23(7,27(31)20(30)35-22(4,5)6)18(24-26)15-10-12-16(13-11-15)36(32,33)25(8)9/h10-13,31H,14H2,1-9H3. The Morgan fingerprint density at radius 2 is 1.53 bits per heavy atom. The van der Waals surface area contributed by atoms with Gasteiger partial charge in [0, 0.05) is 19.7 Å². The fraction of sp³-hybridized carbons (Fsp3) is 0.565. The number of nitrogens with zero attached hydrogens (tertiary/aromatic N) is 4. The molecule has 0 fully saturated rings. The molecule has 0 bridgehead atoms. The number of hydrazone groups is 1. The van der Waals surface area contributed by atoms with Crippen LogP contribution in [-0.2, 0) is 29.1 Å². The second kappa shape index (κ2) is 9.79. The zero-order valence-electron chi connectivity index (χ0n) is 22.0. The van der Waals surface area contributed by atoms with Crippen LogP contribution in [0.25, 0.3) is 0 Å². The van der Waals surface area contributed by atoms with E-state index < -0.39 is 51.3 Å². The largest absolute Gasteiger partial charge is 0.459 e. The average molecular weight is 527 g/mol. The molecule has 0 saturated carbocycles. The van der Waals surface area contributed by atoms with E-state index in [2.05, 4.69) is 5.10 Å². The van der Waals surface area contributed by atoms with E-state index in [4.69, 9.17) is 9.47 Å². The van der Waals surface area contributed by atoms with Gasteiger partial charge in [0.1, 0.15) is 23.5 Å². The first-order valence-corrected chi connectivity index (χ1v) is 12.5. The predicted octanol–water partition coefficient (Wildman–Crippen LogP) is 2.21. The molecule has 0 radical (unpaired) electrons. The number of carbonyl (C=O) groups excluding carboxylic acids is 3. The fourth-order valence-electron chi connectivity index (χ4n) is 3.23. The van der Waals surface area contributed by atoms with Gasteiger partial charge in [-0.15, -0.1) is 0 Å². The van der Waals surface area contributed by atoms with E-state index in [0.717, 1.165) is 9.31 Å². The van der Waals surface area contributed by atoms with Crippen LogP contribution in [0.1, 0.15) is 54.0 Å². The Morgan fingerprint density at radius 1 is 1.03 bits per heavy atom. The molecule has 1 aromatic carbocycles. The number of hydrogen-bond donors (Lipinski definition) is 1. The molecule has 1 atom stereocenters. The van der Waals surface area contributed by atoms with Crippen molar-refractivity contribution in [1.29, 1.82) is 0 Å². The van der Waals surface area contributed by atoms with Crippen LogP contribution in [0.2, 0.25) is 0 Å². The predicted molar refractivity (Wildman–Crippen MR) is 130 cm³/mol. The molecule has 0 aliphatic carbocycles. The van der Waals surface area contributed by atoms with Crippen LogP contribution in [0.5, 0.6) is 0 Å². The van der Waals surface area contributed by atoms with E-state index in [1.54, 1.807) is 41.5 Å². The van der Waals surface area contributed by atoms with E-state index >= 15 is 0 Å². The van der Waals surface area contributed by atoms with Gasteiger partial charge in [0.05, 0.1) is 4.90 Å². The number of ether oxygens (including phenoxy) is 2. The molecular weight excluding hydrogens is 492 g/mol. The van der Waals surface area contributed by atoms with Gasteiger partial charge >= 0.3 is 12.1 Å². The van der Waals surface area contributed by atoms with E-state index in [-0.39, 0.29) is 21.2 Å².